The lowest BCUT2D eigenvalue weighted by Crippen LogP contribution is -2.51. The largest absolute Gasteiger partial charge is 0.366 e. The standard InChI is InChI=1S/C15H23FN2/c1-15(2)8-6-12(7-9-17)11-18(15)14-5-3-4-13(16)10-14/h3-5,10,12H,6-9,11,17H2,1-2H3. The maximum atomic E-state index is 13.4. The number of hydrogen-bond acceptors (Lipinski definition) is 2. The van der Waals surface area contributed by atoms with E-state index in [1.807, 2.05) is 6.07 Å². The summed E-state index contributed by atoms with van der Waals surface area (Å²) in [6, 6.07) is 6.91. The summed E-state index contributed by atoms with van der Waals surface area (Å²) in [7, 11) is 0. The van der Waals surface area contributed by atoms with E-state index in [-0.39, 0.29) is 11.4 Å². The Morgan fingerprint density at radius 2 is 2.22 bits per heavy atom. The summed E-state index contributed by atoms with van der Waals surface area (Å²) < 4.78 is 13.4. The van der Waals surface area contributed by atoms with Gasteiger partial charge in [0, 0.05) is 17.8 Å². The van der Waals surface area contributed by atoms with Gasteiger partial charge in [0.15, 0.2) is 0 Å². The van der Waals surface area contributed by atoms with Gasteiger partial charge in [0.25, 0.3) is 0 Å². The first-order valence-electron chi connectivity index (χ1n) is 6.76. The van der Waals surface area contributed by atoms with E-state index in [2.05, 4.69) is 18.7 Å². The van der Waals surface area contributed by atoms with Crippen molar-refractivity contribution in [1.29, 1.82) is 0 Å². The molecule has 1 aromatic carbocycles. The molecule has 0 aliphatic carbocycles. The number of halogens is 1. The number of anilines is 1. The van der Waals surface area contributed by atoms with Crippen molar-refractivity contribution in [3.63, 3.8) is 0 Å². The number of hydrogen-bond donors (Lipinski definition) is 1. The fourth-order valence-corrected chi connectivity index (χ4v) is 2.86. The predicted octanol–water partition coefficient (Wildman–Crippen LogP) is 3.17. The van der Waals surface area contributed by atoms with E-state index in [4.69, 9.17) is 5.73 Å². The van der Waals surface area contributed by atoms with Crippen LogP contribution in [-0.4, -0.2) is 18.6 Å². The van der Waals surface area contributed by atoms with Gasteiger partial charge in [-0.3, -0.25) is 0 Å². The lowest BCUT2D eigenvalue weighted by Gasteiger charge is -2.47. The number of rotatable bonds is 3. The van der Waals surface area contributed by atoms with Gasteiger partial charge >= 0.3 is 0 Å². The molecular formula is C15H23FN2. The fourth-order valence-electron chi connectivity index (χ4n) is 2.86. The molecular weight excluding hydrogens is 227 g/mol. The zero-order chi connectivity index (χ0) is 13.2. The molecule has 1 atom stereocenters. The third-order valence-electron chi connectivity index (χ3n) is 4.03. The van der Waals surface area contributed by atoms with Crippen molar-refractivity contribution in [2.45, 2.75) is 38.6 Å². The van der Waals surface area contributed by atoms with Crippen LogP contribution >= 0.6 is 0 Å². The van der Waals surface area contributed by atoms with Crippen molar-refractivity contribution >= 4 is 5.69 Å². The van der Waals surface area contributed by atoms with Crippen LogP contribution in [-0.2, 0) is 0 Å². The van der Waals surface area contributed by atoms with E-state index in [1.165, 1.54) is 12.5 Å². The number of nitrogens with two attached hydrogens (primary N) is 1. The van der Waals surface area contributed by atoms with Gasteiger partial charge in [-0.05, 0) is 63.8 Å². The van der Waals surface area contributed by atoms with Crippen LogP contribution in [0.3, 0.4) is 0 Å². The molecule has 0 bridgehead atoms. The molecule has 0 saturated carbocycles. The highest BCUT2D eigenvalue weighted by Crippen LogP contribution is 2.35. The Hall–Kier alpha value is -1.09. The van der Waals surface area contributed by atoms with Gasteiger partial charge in [0.05, 0.1) is 0 Å². The molecule has 0 aromatic heterocycles. The molecule has 0 amide bonds. The summed E-state index contributed by atoms with van der Waals surface area (Å²) in [5, 5.41) is 0. The summed E-state index contributed by atoms with van der Waals surface area (Å²) in [5.74, 6) is 0.468. The Balaban J connectivity index is 2.21. The van der Waals surface area contributed by atoms with Crippen molar-refractivity contribution in [3.8, 4) is 0 Å². The third-order valence-corrected chi connectivity index (χ3v) is 4.03. The molecule has 100 valence electrons. The number of piperidine rings is 1. The van der Waals surface area contributed by atoms with Crippen molar-refractivity contribution in [2.24, 2.45) is 11.7 Å². The summed E-state index contributed by atoms with van der Waals surface area (Å²) >= 11 is 0. The van der Waals surface area contributed by atoms with E-state index < -0.39 is 0 Å². The van der Waals surface area contributed by atoms with E-state index >= 15 is 0 Å². The van der Waals surface area contributed by atoms with Crippen molar-refractivity contribution in [2.75, 3.05) is 18.0 Å². The van der Waals surface area contributed by atoms with Crippen LogP contribution in [0.1, 0.15) is 33.1 Å². The molecule has 1 aliphatic rings. The van der Waals surface area contributed by atoms with Gasteiger partial charge in [0.1, 0.15) is 5.82 Å². The molecule has 1 aromatic rings. The first-order chi connectivity index (χ1) is 8.53. The highest BCUT2D eigenvalue weighted by atomic mass is 19.1. The summed E-state index contributed by atoms with van der Waals surface area (Å²) in [4.78, 5) is 2.33. The first kappa shape index (κ1) is 13.3. The fraction of sp³-hybridized carbons (Fsp3) is 0.600. The second-order valence-electron chi connectivity index (χ2n) is 5.88. The minimum atomic E-state index is -0.163. The van der Waals surface area contributed by atoms with Crippen LogP contribution in [0.25, 0.3) is 0 Å². The molecule has 1 fully saturated rings. The Morgan fingerprint density at radius 3 is 2.89 bits per heavy atom. The minimum Gasteiger partial charge on any atom is -0.366 e. The average Bonchev–Trinajstić information content (AvgIpc) is 2.31. The lowest BCUT2D eigenvalue weighted by atomic mass is 9.83. The van der Waals surface area contributed by atoms with Gasteiger partial charge < -0.3 is 10.6 Å². The predicted molar refractivity (Wildman–Crippen MR) is 74.2 cm³/mol. The number of nitrogens with zero attached hydrogens (tertiary/aromatic N) is 1. The van der Waals surface area contributed by atoms with E-state index in [0.29, 0.717) is 5.92 Å². The molecule has 1 saturated heterocycles. The zero-order valence-electron chi connectivity index (χ0n) is 11.3. The van der Waals surface area contributed by atoms with Gasteiger partial charge in [-0.25, -0.2) is 4.39 Å². The van der Waals surface area contributed by atoms with Crippen molar-refractivity contribution < 1.29 is 4.39 Å². The molecule has 2 rings (SSSR count). The second kappa shape index (κ2) is 5.27. The zero-order valence-corrected chi connectivity index (χ0v) is 11.3. The highest BCUT2D eigenvalue weighted by molar-refractivity contribution is 5.49. The Kier molecular flexibility index (Phi) is 3.91. The van der Waals surface area contributed by atoms with Crippen LogP contribution in [0.2, 0.25) is 0 Å². The Labute approximate surface area is 109 Å². The van der Waals surface area contributed by atoms with Crippen molar-refractivity contribution in [3.05, 3.63) is 30.1 Å². The van der Waals surface area contributed by atoms with Crippen LogP contribution in [0.15, 0.2) is 24.3 Å². The molecule has 1 unspecified atom stereocenters. The average molecular weight is 250 g/mol. The topological polar surface area (TPSA) is 29.3 Å². The van der Waals surface area contributed by atoms with Crippen molar-refractivity contribution in [1.82, 2.24) is 0 Å². The Morgan fingerprint density at radius 1 is 1.44 bits per heavy atom. The van der Waals surface area contributed by atoms with Crippen LogP contribution in [0, 0.1) is 11.7 Å². The van der Waals surface area contributed by atoms with Gasteiger partial charge in [-0.15, -0.1) is 0 Å². The van der Waals surface area contributed by atoms with Gasteiger partial charge in [-0.2, -0.15) is 0 Å². The molecule has 1 heterocycles. The number of benzene rings is 1. The molecule has 1 aliphatic heterocycles. The highest BCUT2D eigenvalue weighted by Gasteiger charge is 2.33. The summed E-state index contributed by atoms with van der Waals surface area (Å²) in [6.45, 7) is 6.18. The van der Waals surface area contributed by atoms with Gasteiger partial charge in [0.2, 0.25) is 0 Å². The molecule has 2 nitrogen and oxygen atoms in total. The lowest BCUT2D eigenvalue weighted by molar-refractivity contribution is 0.282. The molecule has 18 heavy (non-hydrogen) atoms. The van der Waals surface area contributed by atoms with E-state index in [9.17, 15) is 4.39 Å². The molecule has 0 spiro atoms. The minimum absolute atomic E-state index is 0.0961. The van der Waals surface area contributed by atoms with Crippen LogP contribution < -0.4 is 10.6 Å². The Bertz CT molecular complexity index is 403. The smallest absolute Gasteiger partial charge is 0.125 e. The normalized spacial score (nSPS) is 23.1. The first-order valence-corrected chi connectivity index (χ1v) is 6.76. The summed E-state index contributed by atoms with van der Waals surface area (Å²) in [5.41, 5.74) is 6.74. The third kappa shape index (κ3) is 2.83. The molecule has 0 radical (unpaired) electrons. The maximum absolute atomic E-state index is 13.4. The monoisotopic (exact) mass is 250 g/mol. The van der Waals surface area contributed by atoms with Crippen LogP contribution in [0.5, 0.6) is 0 Å². The van der Waals surface area contributed by atoms with E-state index in [0.717, 1.165) is 31.6 Å². The quantitative estimate of drug-likeness (QED) is 0.892. The SMILES string of the molecule is CC1(C)CCC(CCN)CN1c1cccc(F)c1. The second-order valence-corrected chi connectivity index (χ2v) is 5.88. The van der Waals surface area contributed by atoms with Gasteiger partial charge in [-0.1, -0.05) is 6.07 Å². The summed E-state index contributed by atoms with van der Waals surface area (Å²) in [6.07, 6.45) is 3.41. The van der Waals surface area contributed by atoms with Crippen LogP contribution in [0.4, 0.5) is 10.1 Å². The maximum Gasteiger partial charge on any atom is 0.125 e. The van der Waals surface area contributed by atoms with E-state index in [1.54, 1.807) is 12.1 Å². The molecule has 2 N–H and O–H groups in total. The molecule has 3 heteroatoms.